The van der Waals surface area contributed by atoms with E-state index in [1.54, 1.807) is 0 Å². The Kier molecular flexibility index (Phi) is 4.00. The Bertz CT molecular complexity index is 487. The van der Waals surface area contributed by atoms with Crippen molar-refractivity contribution < 1.29 is 0 Å². The molecule has 17 heavy (non-hydrogen) atoms. The summed E-state index contributed by atoms with van der Waals surface area (Å²) in [5.41, 5.74) is 1.41. The maximum Gasteiger partial charge on any atom is 0.0453 e. The number of nitrogens with one attached hydrogen (secondary N) is 2. The van der Waals surface area contributed by atoms with Gasteiger partial charge in [0.1, 0.15) is 0 Å². The van der Waals surface area contributed by atoms with E-state index in [0.717, 1.165) is 19.6 Å². The summed E-state index contributed by atoms with van der Waals surface area (Å²) in [6.45, 7) is 3.14. The Morgan fingerprint density at radius 3 is 2.59 bits per heavy atom. The van der Waals surface area contributed by atoms with Crippen molar-refractivity contribution in [1.82, 2.24) is 10.6 Å². The molecular weight excluding hydrogens is 232 g/mol. The number of hydrogen-bond donors (Lipinski definition) is 2. The number of rotatable bonds is 1. The van der Waals surface area contributed by atoms with E-state index in [1.165, 1.54) is 16.3 Å². The van der Waals surface area contributed by atoms with Crippen molar-refractivity contribution in [1.29, 1.82) is 0 Å². The molecule has 3 heteroatoms. The van der Waals surface area contributed by atoms with Gasteiger partial charge in [0, 0.05) is 25.7 Å². The summed E-state index contributed by atoms with van der Waals surface area (Å²) in [6, 6.07) is 15.6. The van der Waals surface area contributed by atoms with Gasteiger partial charge in [0.25, 0.3) is 0 Å². The van der Waals surface area contributed by atoms with Crippen molar-refractivity contribution in [3.63, 3.8) is 0 Å². The lowest BCUT2D eigenvalue weighted by atomic mass is 9.98. The molecule has 2 aromatic carbocycles. The first-order chi connectivity index (χ1) is 7.95. The first kappa shape index (κ1) is 12.4. The van der Waals surface area contributed by atoms with Crippen LogP contribution in [0.2, 0.25) is 0 Å². The average molecular weight is 249 g/mol. The number of benzene rings is 2. The molecular formula is C14H17ClN2. The van der Waals surface area contributed by atoms with E-state index in [9.17, 15) is 0 Å². The molecule has 0 aromatic heterocycles. The summed E-state index contributed by atoms with van der Waals surface area (Å²) in [5, 5.41) is 9.69. The lowest BCUT2D eigenvalue weighted by molar-refractivity contribution is 0.432. The van der Waals surface area contributed by atoms with Crippen LogP contribution in [0.15, 0.2) is 42.5 Å². The average Bonchev–Trinajstić information content (AvgIpc) is 2.39. The van der Waals surface area contributed by atoms with Gasteiger partial charge in [-0.25, -0.2) is 0 Å². The molecule has 3 rings (SSSR count). The topological polar surface area (TPSA) is 24.1 Å². The monoisotopic (exact) mass is 248 g/mol. The lowest BCUT2D eigenvalue weighted by Gasteiger charge is -2.26. The van der Waals surface area contributed by atoms with Crippen molar-refractivity contribution in [2.24, 2.45) is 0 Å². The van der Waals surface area contributed by atoms with Gasteiger partial charge in [0.2, 0.25) is 0 Å². The molecule has 2 nitrogen and oxygen atoms in total. The zero-order valence-electron chi connectivity index (χ0n) is 9.65. The second-order valence-corrected chi connectivity index (χ2v) is 4.28. The molecule has 1 aliphatic rings. The van der Waals surface area contributed by atoms with E-state index < -0.39 is 0 Å². The maximum atomic E-state index is 3.57. The lowest BCUT2D eigenvalue weighted by Crippen LogP contribution is -2.42. The zero-order chi connectivity index (χ0) is 10.8. The Morgan fingerprint density at radius 2 is 1.76 bits per heavy atom. The quantitative estimate of drug-likeness (QED) is 0.810. The van der Waals surface area contributed by atoms with E-state index in [-0.39, 0.29) is 12.4 Å². The van der Waals surface area contributed by atoms with Crippen molar-refractivity contribution in [2.45, 2.75) is 6.04 Å². The highest BCUT2D eigenvalue weighted by Crippen LogP contribution is 2.24. The summed E-state index contributed by atoms with van der Waals surface area (Å²) in [4.78, 5) is 0. The minimum Gasteiger partial charge on any atom is -0.314 e. The van der Waals surface area contributed by atoms with Crippen molar-refractivity contribution in [2.75, 3.05) is 19.6 Å². The summed E-state index contributed by atoms with van der Waals surface area (Å²) in [7, 11) is 0. The van der Waals surface area contributed by atoms with Gasteiger partial charge in [-0.15, -0.1) is 12.4 Å². The van der Waals surface area contributed by atoms with Gasteiger partial charge in [0.15, 0.2) is 0 Å². The fourth-order valence-corrected chi connectivity index (χ4v) is 2.43. The standard InChI is InChI=1S/C14H16N2.ClH/c1-2-6-12-11(4-1)5-3-7-13(12)14-10-15-8-9-16-14;/h1-7,14-16H,8-10H2;1H/t14-;/m1./s1. The van der Waals surface area contributed by atoms with E-state index in [1.807, 2.05) is 0 Å². The predicted octanol–water partition coefficient (Wildman–Crippen LogP) is 2.50. The number of hydrogen-bond acceptors (Lipinski definition) is 2. The first-order valence-electron chi connectivity index (χ1n) is 5.87. The molecule has 0 saturated carbocycles. The highest BCUT2D eigenvalue weighted by molar-refractivity contribution is 5.86. The van der Waals surface area contributed by atoms with E-state index in [0.29, 0.717) is 6.04 Å². The second-order valence-electron chi connectivity index (χ2n) is 4.28. The normalized spacial score (nSPS) is 19.9. The molecule has 0 spiro atoms. The predicted molar refractivity (Wildman–Crippen MR) is 74.8 cm³/mol. The van der Waals surface area contributed by atoms with Crippen molar-refractivity contribution >= 4 is 23.2 Å². The van der Waals surface area contributed by atoms with Crippen molar-refractivity contribution in [3.8, 4) is 0 Å². The second kappa shape index (κ2) is 5.50. The van der Waals surface area contributed by atoms with Gasteiger partial charge in [-0.1, -0.05) is 42.5 Å². The number of halogens is 1. The molecule has 1 saturated heterocycles. The third kappa shape index (κ3) is 2.44. The molecule has 0 bridgehead atoms. The molecule has 1 heterocycles. The molecule has 0 radical (unpaired) electrons. The van der Waals surface area contributed by atoms with E-state index >= 15 is 0 Å². The minimum atomic E-state index is 0. The number of piperazine rings is 1. The van der Waals surface area contributed by atoms with Crippen LogP contribution in [0.5, 0.6) is 0 Å². The number of fused-ring (bicyclic) bond motifs is 1. The highest BCUT2D eigenvalue weighted by atomic mass is 35.5. The SMILES string of the molecule is Cl.c1ccc2c([C@H]3CNCCN3)cccc2c1. The van der Waals surface area contributed by atoms with Crippen LogP contribution in [0.1, 0.15) is 11.6 Å². The van der Waals surface area contributed by atoms with E-state index in [2.05, 4.69) is 53.1 Å². The van der Waals surface area contributed by atoms with Crippen LogP contribution < -0.4 is 10.6 Å². The Balaban J connectivity index is 0.00000108. The zero-order valence-corrected chi connectivity index (χ0v) is 10.5. The van der Waals surface area contributed by atoms with Crippen LogP contribution in [-0.4, -0.2) is 19.6 Å². The smallest absolute Gasteiger partial charge is 0.0453 e. The summed E-state index contributed by atoms with van der Waals surface area (Å²) in [5.74, 6) is 0. The fourth-order valence-electron chi connectivity index (χ4n) is 2.43. The fraction of sp³-hybridized carbons (Fsp3) is 0.286. The Labute approximate surface area is 108 Å². The van der Waals surface area contributed by atoms with Crippen LogP contribution in [0.25, 0.3) is 10.8 Å². The minimum absolute atomic E-state index is 0. The van der Waals surface area contributed by atoms with Gasteiger partial charge < -0.3 is 10.6 Å². The van der Waals surface area contributed by atoms with Crippen molar-refractivity contribution in [3.05, 3.63) is 48.0 Å². The van der Waals surface area contributed by atoms with Gasteiger partial charge in [-0.2, -0.15) is 0 Å². The molecule has 2 aromatic rings. The van der Waals surface area contributed by atoms with Gasteiger partial charge >= 0.3 is 0 Å². The Hall–Kier alpha value is -1.09. The third-order valence-corrected chi connectivity index (χ3v) is 3.24. The molecule has 0 aliphatic carbocycles. The maximum absolute atomic E-state index is 3.57. The Morgan fingerprint density at radius 1 is 0.941 bits per heavy atom. The van der Waals surface area contributed by atoms with Gasteiger partial charge in [-0.3, -0.25) is 0 Å². The molecule has 2 N–H and O–H groups in total. The molecule has 1 aliphatic heterocycles. The molecule has 0 unspecified atom stereocenters. The van der Waals surface area contributed by atoms with Crippen LogP contribution in [0, 0.1) is 0 Å². The molecule has 0 amide bonds. The van der Waals surface area contributed by atoms with Crippen LogP contribution in [0.3, 0.4) is 0 Å². The largest absolute Gasteiger partial charge is 0.314 e. The van der Waals surface area contributed by atoms with E-state index in [4.69, 9.17) is 0 Å². The molecule has 90 valence electrons. The summed E-state index contributed by atoms with van der Waals surface area (Å²) >= 11 is 0. The van der Waals surface area contributed by atoms with Gasteiger partial charge in [-0.05, 0) is 16.3 Å². The summed E-state index contributed by atoms with van der Waals surface area (Å²) < 4.78 is 0. The summed E-state index contributed by atoms with van der Waals surface area (Å²) in [6.07, 6.45) is 0. The van der Waals surface area contributed by atoms with Crippen LogP contribution in [0.4, 0.5) is 0 Å². The molecule has 1 fully saturated rings. The highest BCUT2D eigenvalue weighted by Gasteiger charge is 2.15. The molecule has 1 atom stereocenters. The van der Waals surface area contributed by atoms with Crippen LogP contribution >= 0.6 is 12.4 Å². The first-order valence-corrected chi connectivity index (χ1v) is 5.87. The van der Waals surface area contributed by atoms with Crippen LogP contribution in [-0.2, 0) is 0 Å². The van der Waals surface area contributed by atoms with Gasteiger partial charge in [0.05, 0.1) is 0 Å². The third-order valence-electron chi connectivity index (χ3n) is 3.24.